The minimum absolute atomic E-state index is 0. The maximum Gasteiger partial charge on any atom is 1.00 e. The number of nitrogens with one attached hydrogen (secondary N) is 3. The fourth-order valence-electron chi connectivity index (χ4n) is 17.9. The van der Waals surface area contributed by atoms with E-state index in [4.69, 9.17) is 44.3 Å². The summed E-state index contributed by atoms with van der Waals surface area (Å²) in [4.78, 5) is 127. The fraction of sp³-hybridized carbons (Fsp3) is 0.370. The van der Waals surface area contributed by atoms with Crippen molar-refractivity contribution in [3.8, 4) is 17.2 Å². The molecule has 0 saturated carbocycles. The number of hydrogen-bond donors (Lipinski definition) is 4. The van der Waals surface area contributed by atoms with Crippen molar-refractivity contribution in [2.75, 3.05) is 31.9 Å². The van der Waals surface area contributed by atoms with Gasteiger partial charge in [0.1, 0.15) is 59.7 Å². The van der Waals surface area contributed by atoms with Gasteiger partial charge in [0, 0.05) is 95.3 Å². The van der Waals surface area contributed by atoms with E-state index in [1.807, 2.05) is 64.9 Å². The second-order valence-corrected chi connectivity index (χ2v) is 38.8. The van der Waals surface area contributed by atoms with Crippen LogP contribution >= 0.6 is 45.5 Å². The molecule has 0 bridgehead atoms. The number of sulfonamides is 2. The van der Waals surface area contributed by atoms with Crippen LogP contribution in [0.15, 0.2) is 130 Å². The number of carbonyl (C=O) groups excluding carboxylic acids is 6. The Bertz CT molecular complexity index is 6160. The molecule has 6 unspecified atom stereocenters. The minimum atomic E-state index is -3.68. The van der Waals surface area contributed by atoms with Crippen LogP contribution in [-0.4, -0.2) is 171 Å². The van der Waals surface area contributed by atoms with Crippen molar-refractivity contribution in [1.82, 2.24) is 53.0 Å². The van der Waals surface area contributed by atoms with E-state index < -0.39 is 135 Å². The second-order valence-electron chi connectivity index (χ2n) is 30.7. The number of amides is 6. The summed E-state index contributed by atoms with van der Waals surface area (Å²) in [6.07, 6.45) is 5.64. The van der Waals surface area contributed by atoms with E-state index in [1.165, 1.54) is 65.4 Å². The first kappa shape index (κ1) is 92.0. The van der Waals surface area contributed by atoms with Crippen molar-refractivity contribution in [2.24, 2.45) is 0 Å². The van der Waals surface area contributed by atoms with Crippen LogP contribution in [-0.2, 0) is 81.2 Å². The van der Waals surface area contributed by atoms with Crippen LogP contribution < -0.4 is 73.0 Å². The van der Waals surface area contributed by atoms with Crippen molar-refractivity contribution in [2.45, 2.75) is 160 Å². The van der Waals surface area contributed by atoms with Crippen LogP contribution in [0.1, 0.15) is 178 Å². The summed E-state index contributed by atoms with van der Waals surface area (Å²) in [7, 11) is -6.04. The first-order valence-electron chi connectivity index (χ1n) is 38.2. The number of aromatic hydroxyl groups is 1. The molecule has 9 aliphatic rings. The smallest absolute Gasteiger partial charge is 1.00 e. The molecule has 9 atom stereocenters. The van der Waals surface area contributed by atoms with E-state index in [0.717, 1.165) is 49.2 Å². The van der Waals surface area contributed by atoms with Crippen LogP contribution in [0.5, 0.6) is 17.2 Å². The van der Waals surface area contributed by atoms with Crippen LogP contribution in [0, 0.1) is 17.5 Å². The number of hydrogen-bond acceptors (Lipinski definition) is 18. The topological polar surface area (TPSA) is 362 Å². The van der Waals surface area contributed by atoms with Gasteiger partial charge in [-0.1, -0.05) is 132 Å². The first-order chi connectivity index (χ1) is 56.8. The molecular formula is C81H80Cl5F3LiN11O18S3. The fourth-order valence-corrected chi connectivity index (χ4v) is 20.8. The molecule has 17 rings (SSSR count). The number of nitrogens with zero attached hydrogens (tertiary/aromatic N) is 8. The predicted molar refractivity (Wildman–Crippen MR) is 436 cm³/mol. The number of benzene rings is 5. The molecule has 3 fully saturated rings. The summed E-state index contributed by atoms with van der Waals surface area (Å²) in [5, 5.41) is 18.3. The maximum atomic E-state index is 14.5. The Hall–Kier alpha value is -9.22. The van der Waals surface area contributed by atoms with Gasteiger partial charge in [-0.15, -0.1) is 0 Å². The van der Waals surface area contributed by atoms with E-state index in [0.29, 0.717) is 30.7 Å². The van der Waals surface area contributed by atoms with Gasteiger partial charge in [0.05, 0.1) is 58.0 Å². The summed E-state index contributed by atoms with van der Waals surface area (Å²) < 4.78 is 132. The Morgan fingerprint density at radius 3 is 1.15 bits per heavy atom. The number of rotatable bonds is 17. The van der Waals surface area contributed by atoms with Gasteiger partial charge >= 0.3 is 18.9 Å². The predicted octanol–water partition coefficient (Wildman–Crippen LogP) is 3.13. The minimum Gasteiger partial charge on any atom is -1.00 e. The zero-order valence-electron chi connectivity index (χ0n) is 66.5. The zero-order valence-corrected chi connectivity index (χ0v) is 72.7. The van der Waals surface area contributed by atoms with E-state index in [-0.39, 0.29) is 197 Å². The Kier molecular flexibility index (Phi) is 27.3. The molecule has 29 nitrogen and oxygen atoms in total. The van der Waals surface area contributed by atoms with Gasteiger partial charge in [0.25, 0.3) is 35.4 Å². The Morgan fingerprint density at radius 2 is 0.779 bits per heavy atom. The molecule has 9 aliphatic heterocycles. The van der Waals surface area contributed by atoms with Crippen LogP contribution in [0.25, 0.3) is 0 Å². The van der Waals surface area contributed by atoms with Crippen molar-refractivity contribution < 1.29 is 113 Å². The molecule has 4 N–H and O–H groups in total. The van der Waals surface area contributed by atoms with Gasteiger partial charge < -0.3 is 71.3 Å². The number of ether oxygens (including phenoxy) is 2. The van der Waals surface area contributed by atoms with Crippen LogP contribution in [0.3, 0.4) is 0 Å². The molecule has 0 radical (unpaired) electrons. The van der Waals surface area contributed by atoms with Gasteiger partial charge in [-0.25, -0.2) is 38.4 Å². The summed E-state index contributed by atoms with van der Waals surface area (Å²) >= 11 is 17.5. The molecule has 0 spiro atoms. The van der Waals surface area contributed by atoms with Crippen LogP contribution in [0.4, 0.5) is 13.2 Å². The normalized spacial score (nSPS) is 21.1. The zero-order chi connectivity index (χ0) is 86.4. The van der Waals surface area contributed by atoms with Gasteiger partial charge in [-0.3, -0.25) is 43.2 Å². The molecule has 8 aromatic rings. The third-order valence-corrected chi connectivity index (χ3v) is 26.3. The van der Waals surface area contributed by atoms with E-state index in [9.17, 15) is 86.7 Å². The van der Waals surface area contributed by atoms with E-state index >= 15 is 0 Å². The average Bonchev–Trinajstić information content (AvgIpc) is 1.54. The van der Waals surface area contributed by atoms with Crippen molar-refractivity contribution in [1.29, 1.82) is 0 Å². The molecule has 5 aromatic carbocycles. The number of aromatic nitrogens is 3. The van der Waals surface area contributed by atoms with Crippen molar-refractivity contribution >= 4 is 110 Å². The summed E-state index contributed by atoms with van der Waals surface area (Å²) in [6.45, 7) is 5.10. The SMILES string of the molecule is CS(=O)(=O)Cl.C[C@H]1CCC2C3CCc4c(C(=O)NCc5cccc(Cl)c5F)c(=O)c(OCc5ccccc5)c(n43)C(=O)N21.C[C@H]1CN(S(C)(=O)=O)C2C3CCc4c(C(=O)NCc5cccc(Cl)c5F)c(=O)c(O)c(n43)C(=O)N21.C[C@H]1CN(S(C)(=O)=O)C2C3CCc4c(C(=O)NCc5cccc(Cl)c5F)c(=O)c(OCc5ccccc5)c(n43)C(=O)N21.[Cl-].[Li+]. The monoisotopic (exact) mass is 1830 g/mol. The molecule has 642 valence electrons. The maximum absolute atomic E-state index is 14.5. The van der Waals surface area contributed by atoms with Crippen molar-refractivity contribution in [3.63, 3.8) is 0 Å². The Labute approximate surface area is 736 Å². The largest absolute Gasteiger partial charge is 1.00 e. The van der Waals surface area contributed by atoms with Gasteiger partial charge in [-0.05, 0) is 101 Å². The Balaban J connectivity index is 0.000000162. The van der Waals surface area contributed by atoms with Gasteiger partial charge in [0.2, 0.25) is 45.4 Å². The molecule has 0 aliphatic carbocycles. The van der Waals surface area contributed by atoms with E-state index in [1.54, 1.807) is 42.7 Å². The number of fused-ring (bicyclic) bond motifs is 6. The van der Waals surface area contributed by atoms with Gasteiger partial charge in [0.15, 0.2) is 34.3 Å². The third-order valence-electron chi connectivity index (χ3n) is 23.0. The standard InChI is InChI=1S/C29H28ClFN4O6S.C29H27ClFN3O4.C22H22ClFN4O6S.CH3ClO2S.ClH.Li/c1-16-14-33(42(2,39)40)28-21-12-11-20-22(27(37)32-13-18-9-6-10-19(30)23(18)31)25(36)26(24(35(20)21)29(38)34(16)28)41-15-17-7-4-3-5-8-17;1-16-10-11-20-21-12-13-22-23(28(36)32-14-18-8-5-9-19(30)24(18)31)26(35)27(25(34(21)22)29(37)33(16)20)38-15-17-6-3-2-4-7-17;1-10-9-26(35(2,33)34)21-14-7-6-13-15(18(29)19(30)17(28(13)14)22(32)27(10)21)20(31)25-8-11-4-3-5-12(23)16(11)24;1-5(2,3)4;;/h3-10,16,21,28H,11-15H2,1-2H3,(H,32,37);2-9,16,20-21H,10-15H2,1H3,(H,32,36);3-5,10,14,21,30H,6-9H2,1-2H3,(H,25,31);1H3;1H;/q;;;;;+1/p-1/t16-,21?,28?;16-,20?,21?;10-,14?,21?;;;/m000.../s1. The third kappa shape index (κ3) is 17.3. The molecule has 122 heavy (non-hydrogen) atoms. The summed E-state index contributed by atoms with van der Waals surface area (Å²) in [5.41, 5.74) is 0.114. The average molecular weight is 1830 g/mol. The van der Waals surface area contributed by atoms with E-state index in [2.05, 4.69) is 26.6 Å². The Morgan fingerprint density at radius 1 is 0.451 bits per heavy atom. The summed E-state index contributed by atoms with van der Waals surface area (Å²) in [6, 6.07) is 29.7. The second kappa shape index (κ2) is 36.2. The summed E-state index contributed by atoms with van der Waals surface area (Å²) in [5.74, 6) is -6.91. The molecule has 6 amide bonds. The first-order valence-corrected chi connectivity index (χ1v) is 45.7. The molecular weight excluding hydrogens is 1750 g/mol. The van der Waals surface area contributed by atoms with Crippen molar-refractivity contribution in [3.05, 3.63) is 257 Å². The molecule has 41 heteroatoms. The molecule has 3 saturated heterocycles. The molecule has 12 heterocycles. The quantitative estimate of drug-likeness (QED) is 0.0751. The number of pyridine rings is 3. The molecule has 3 aromatic heterocycles. The van der Waals surface area contributed by atoms with Crippen LogP contribution in [0.2, 0.25) is 15.1 Å². The van der Waals surface area contributed by atoms with Gasteiger partial charge in [-0.2, -0.15) is 8.61 Å². The number of carbonyl (C=O) groups is 6. The number of halogens is 8.